The second kappa shape index (κ2) is 9.08. The maximum Gasteiger partial charge on any atom is 0.386 e. The second-order valence-electron chi connectivity index (χ2n) is 5.41. The summed E-state index contributed by atoms with van der Waals surface area (Å²) in [6, 6.07) is 6.21. The fraction of sp³-hybridized carbons (Fsp3) is 0.438. The largest absolute Gasteiger partial charge is 0.468 e. The zero-order chi connectivity index (χ0) is 19.1. The molecule has 1 aromatic rings. The molecule has 9 heteroatoms. The third-order valence-electron chi connectivity index (χ3n) is 3.27. The van der Waals surface area contributed by atoms with E-state index in [4.69, 9.17) is 9.63 Å². The summed E-state index contributed by atoms with van der Waals surface area (Å²) in [5.41, 5.74) is -3.52. The highest BCUT2D eigenvalue weighted by Gasteiger charge is 2.53. The summed E-state index contributed by atoms with van der Waals surface area (Å²) in [4.78, 5) is 11.5. The number of aliphatic hydroxyl groups excluding tert-OH is 1. The number of carbonyl (C=O) groups excluding carboxylic acids is 1. The monoisotopic (exact) mass is 377 g/mol. The van der Waals surface area contributed by atoms with Gasteiger partial charge in [-0.15, -0.1) is 0 Å². The molecular weight excluding hydrogens is 355 g/mol. The van der Waals surface area contributed by atoms with E-state index in [1.165, 1.54) is 38.1 Å². The number of aliphatic hydroxyl groups is 1. The first-order chi connectivity index (χ1) is 11.6. The molecule has 0 aliphatic heterocycles. The molecule has 0 amide bonds. The van der Waals surface area contributed by atoms with Gasteiger partial charge in [-0.2, -0.15) is 8.78 Å². The van der Waals surface area contributed by atoms with Crippen molar-refractivity contribution < 1.29 is 32.5 Å². The van der Waals surface area contributed by atoms with E-state index < -0.39 is 38.2 Å². The number of alkyl halides is 2. The van der Waals surface area contributed by atoms with Gasteiger partial charge in [0, 0.05) is 6.42 Å². The predicted octanol–water partition coefficient (Wildman–Crippen LogP) is 3.33. The summed E-state index contributed by atoms with van der Waals surface area (Å²) in [6.07, 6.45) is 0.149. The molecule has 1 aromatic carbocycles. The van der Waals surface area contributed by atoms with Gasteiger partial charge in [0.05, 0.1) is 13.7 Å². The second-order valence-corrected chi connectivity index (χ2v) is 7.61. The van der Waals surface area contributed by atoms with Crippen LogP contribution in [0.2, 0.25) is 0 Å². The average Bonchev–Trinajstić information content (AvgIpc) is 2.59. The Balaban J connectivity index is 3.16. The highest BCUT2D eigenvalue weighted by Crippen LogP contribution is 2.59. The Morgan fingerprint density at radius 3 is 2.52 bits per heavy atom. The van der Waals surface area contributed by atoms with Crippen LogP contribution >= 0.6 is 7.52 Å². The highest BCUT2D eigenvalue weighted by atomic mass is 31.2. The molecule has 140 valence electrons. The molecule has 2 atom stereocenters. The maximum atomic E-state index is 14.7. The minimum absolute atomic E-state index is 0.0297. The van der Waals surface area contributed by atoms with Crippen molar-refractivity contribution in [1.82, 2.24) is 5.09 Å². The van der Waals surface area contributed by atoms with Crippen molar-refractivity contribution in [3.8, 4) is 5.75 Å². The number of ether oxygens (including phenoxy) is 1. The van der Waals surface area contributed by atoms with Gasteiger partial charge in [0.2, 0.25) is 0 Å². The maximum absolute atomic E-state index is 14.7. The van der Waals surface area contributed by atoms with Crippen LogP contribution in [0, 0.1) is 0 Å². The number of esters is 1. The van der Waals surface area contributed by atoms with Gasteiger partial charge in [-0.05, 0) is 26.0 Å². The van der Waals surface area contributed by atoms with E-state index in [0.717, 1.165) is 13.2 Å². The first-order valence-corrected chi connectivity index (χ1v) is 9.12. The number of carbonyl (C=O) groups is 1. The Morgan fingerprint density at radius 2 is 2.00 bits per heavy atom. The van der Waals surface area contributed by atoms with Gasteiger partial charge in [-0.3, -0.25) is 9.36 Å². The lowest BCUT2D eigenvalue weighted by molar-refractivity contribution is -0.142. The van der Waals surface area contributed by atoms with Crippen LogP contribution in [0.5, 0.6) is 5.75 Å². The minimum Gasteiger partial charge on any atom is -0.468 e. The smallest absolute Gasteiger partial charge is 0.386 e. The van der Waals surface area contributed by atoms with Crippen molar-refractivity contribution in [3.05, 3.63) is 42.0 Å². The van der Waals surface area contributed by atoms with Crippen molar-refractivity contribution in [1.29, 1.82) is 0 Å². The summed E-state index contributed by atoms with van der Waals surface area (Å²) in [6.45, 7) is 2.31. The molecule has 6 nitrogen and oxygen atoms in total. The number of para-hydroxylation sites is 1. The van der Waals surface area contributed by atoms with Gasteiger partial charge in [-0.25, -0.2) is 5.09 Å². The van der Waals surface area contributed by atoms with Gasteiger partial charge < -0.3 is 14.4 Å². The van der Waals surface area contributed by atoms with E-state index in [1.54, 1.807) is 6.07 Å². The summed E-state index contributed by atoms with van der Waals surface area (Å²) >= 11 is 0. The van der Waals surface area contributed by atoms with Gasteiger partial charge in [0.1, 0.15) is 11.8 Å². The Labute approximate surface area is 145 Å². The summed E-state index contributed by atoms with van der Waals surface area (Å²) < 4.78 is 51.8. The normalized spacial score (nSPS) is 16.0. The lowest BCUT2D eigenvalue weighted by atomic mass is 10.2. The SMILES string of the molecule is COC(=O)C(C)NP(=O)(Oc1ccccc1)C(F)(F)C/C=C(\C)CO. The van der Waals surface area contributed by atoms with E-state index >= 15 is 0 Å². The van der Waals surface area contributed by atoms with Crippen molar-refractivity contribution in [2.24, 2.45) is 0 Å². The van der Waals surface area contributed by atoms with E-state index in [-0.39, 0.29) is 5.75 Å². The molecule has 1 rings (SSSR count). The molecule has 0 aliphatic rings. The number of methoxy groups -OCH3 is 1. The van der Waals surface area contributed by atoms with Crippen molar-refractivity contribution in [2.75, 3.05) is 13.7 Å². The number of hydrogen-bond donors (Lipinski definition) is 2. The molecule has 0 fully saturated rings. The third-order valence-corrected chi connectivity index (χ3v) is 5.51. The van der Waals surface area contributed by atoms with Gasteiger partial charge >= 0.3 is 19.2 Å². The Kier molecular flexibility index (Phi) is 7.73. The lowest BCUT2D eigenvalue weighted by Crippen LogP contribution is -2.39. The van der Waals surface area contributed by atoms with Crippen LogP contribution in [0.4, 0.5) is 8.78 Å². The van der Waals surface area contributed by atoms with Crippen LogP contribution < -0.4 is 9.61 Å². The molecule has 0 saturated heterocycles. The minimum atomic E-state index is -4.84. The molecule has 0 radical (unpaired) electrons. The molecule has 0 aliphatic carbocycles. The number of rotatable bonds is 9. The van der Waals surface area contributed by atoms with Crippen molar-refractivity contribution in [3.63, 3.8) is 0 Å². The molecule has 0 saturated carbocycles. The Hall–Kier alpha value is -1.76. The first-order valence-electron chi connectivity index (χ1n) is 7.50. The summed E-state index contributed by atoms with van der Waals surface area (Å²) in [5.74, 6) is -0.882. The summed E-state index contributed by atoms with van der Waals surface area (Å²) in [7, 11) is -3.75. The van der Waals surface area contributed by atoms with Crippen LogP contribution in [0.3, 0.4) is 0 Å². The standard InChI is InChI=1S/C16H22F2NO5P/c1-12(11-20)9-10-16(17,18)25(22,19-13(2)15(21)23-3)24-14-7-5-4-6-8-14/h4-9,13,20H,10-11H2,1-3H3,(H,19,22)/b12-9+. The topological polar surface area (TPSA) is 84.9 Å². The number of benzene rings is 1. The van der Waals surface area contributed by atoms with Crippen molar-refractivity contribution >= 4 is 13.5 Å². The number of halogens is 2. The fourth-order valence-corrected chi connectivity index (χ4v) is 3.52. The third kappa shape index (κ3) is 5.92. The molecule has 0 spiro atoms. The first kappa shape index (κ1) is 21.3. The molecular formula is C16H22F2NO5P. The zero-order valence-electron chi connectivity index (χ0n) is 14.2. The van der Waals surface area contributed by atoms with Crippen LogP contribution in [-0.2, 0) is 14.1 Å². The fourth-order valence-electron chi connectivity index (χ4n) is 1.78. The molecule has 2 N–H and O–H groups in total. The van der Waals surface area contributed by atoms with E-state index in [9.17, 15) is 18.1 Å². The van der Waals surface area contributed by atoms with Gasteiger partial charge in [0.15, 0.2) is 0 Å². The predicted molar refractivity (Wildman–Crippen MR) is 89.7 cm³/mol. The molecule has 25 heavy (non-hydrogen) atoms. The van der Waals surface area contributed by atoms with E-state index in [0.29, 0.717) is 5.57 Å². The van der Waals surface area contributed by atoms with Crippen LogP contribution in [-0.4, -0.2) is 36.5 Å². The quantitative estimate of drug-likeness (QED) is 0.390. The number of hydrogen-bond acceptors (Lipinski definition) is 5. The lowest BCUT2D eigenvalue weighted by Gasteiger charge is -2.29. The number of allylic oxidation sites excluding steroid dienone is 1. The van der Waals surface area contributed by atoms with E-state index in [2.05, 4.69) is 9.82 Å². The zero-order valence-corrected chi connectivity index (χ0v) is 15.1. The Bertz CT molecular complexity index is 651. The van der Waals surface area contributed by atoms with Gasteiger partial charge in [0.25, 0.3) is 0 Å². The molecule has 0 heterocycles. The highest BCUT2D eigenvalue weighted by molar-refractivity contribution is 7.58. The van der Waals surface area contributed by atoms with Crippen molar-refractivity contribution in [2.45, 2.75) is 32.0 Å². The molecule has 0 bridgehead atoms. The molecule has 2 unspecified atom stereocenters. The summed E-state index contributed by atoms with van der Waals surface area (Å²) in [5, 5.41) is 11.0. The Morgan fingerprint density at radius 1 is 1.40 bits per heavy atom. The average molecular weight is 377 g/mol. The van der Waals surface area contributed by atoms with Crippen LogP contribution in [0.15, 0.2) is 42.0 Å². The molecule has 0 aromatic heterocycles. The van der Waals surface area contributed by atoms with Crippen LogP contribution in [0.1, 0.15) is 20.3 Å². The number of nitrogens with one attached hydrogen (secondary N) is 1. The van der Waals surface area contributed by atoms with E-state index in [1.807, 2.05) is 0 Å². The van der Waals surface area contributed by atoms with Gasteiger partial charge in [-0.1, -0.05) is 29.8 Å². The van der Waals surface area contributed by atoms with Crippen LogP contribution in [0.25, 0.3) is 0 Å².